The van der Waals surface area contributed by atoms with Crippen LogP contribution in [0.3, 0.4) is 0 Å². The molecule has 1 aliphatic heterocycles. The topological polar surface area (TPSA) is 58.6 Å². The second kappa shape index (κ2) is 9.93. The molecule has 0 amide bonds. The summed E-state index contributed by atoms with van der Waals surface area (Å²) >= 11 is 0. The third kappa shape index (κ3) is 6.10. The van der Waals surface area contributed by atoms with Gasteiger partial charge in [-0.25, -0.2) is 0 Å². The van der Waals surface area contributed by atoms with Crippen molar-refractivity contribution in [3.05, 3.63) is 35.9 Å². The number of carboxylic acid groups (broad SMARTS) is 1. The van der Waals surface area contributed by atoms with Crippen molar-refractivity contribution in [3.63, 3.8) is 0 Å². The number of rotatable bonds is 8. The number of aliphatic carboxylic acids is 1. The smallest absolute Gasteiger partial charge is 0.303 e. The van der Waals surface area contributed by atoms with Gasteiger partial charge in [0, 0.05) is 12.5 Å². The van der Waals surface area contributed by atoms with Gasteiger partial charge < -0.3 is 15.2 Å². The highest BCUT2D eigenvalue weighted by Crippen LogP contribution is 2.30. The molecule has 0 saturated heterocycles. The van der Waals surface area contributed by atoms with Crippen molar-refractivity contribution in [2.75, 3.05) is 6.54 Å². The van der Waals surface area contributed by atoms with Crippen molar-refractivity contribution in [2.45, 2.75) is 76.9 Å². The van der Waals surface area contributed by atoms with E-state index in [2.05, 4.69) is 42.6 Å². The molecule has 3 rings (SSSR count). The lowest BCUT2D eigenvalue weighted by atomic mass is 9.86. The molecule has 1 atom stereocenters. The molecule has 1 unspecified atom stereocenters. The van der Waals surface area contributed by atoms with Crippen molar-refractivity contribution >= 4 is 11.5 Å². The Bertz CT molecular complexity index is 630. The molecule has 1 aliphatic carbocycles. The molecule has 2 aliphatic rings. The minimum atomic E-state index is -0.714. The molecule has 1 aromatic carbocycles. The average molecular weight is 372 g/mol. The normalized spacial score (nSPS) is 25.7. The monoisotopic (exact) mass is 371 g/mol. The number of benzene rings is 1. The first kappa shape index (κ1) is 19.9. The van der Waals surface area contributed by atoms with Crippen LogP contribution in [0.25, 0.3) is 5.57 Å². The fourth-order valence-electron chi connectivity index (χ4n) is 4.27. The van der Waals surface area contributed by atoms with Crippen LogP contribution in [0.4, 0.5) is 0 Å². The van der Waals surface area contributed by atoms with Crippen LogP contribution in [-0.4, -0.2) is 29.8 Å². The first-order valence-electron chi connectivity index (χ1n) is 10.6. The highest BCUT2D eigenvalue weighted by atomic mass is 16.5. The zero-order chi connectivity index (χ0) is 19.1. The maximum atomic E-state index is 10.7. The highest BCUT2D eigenvalue weighted by Gasteiger charge is 2.21. The van der Waals surface area contributed by atoms with E-state index < -0.39 is 5.97 Å². The van der Waals surface area contributed by atoms with Crippen molar-refractivity contribution in [2.24, 2.45) is 5.92 Å². The Morgan fingerprint density at radius 1 is 1.19 bits per heavy atom. The van der Waals surface area contributed by atoms with Crippen LogP contribution in [-0.2, 0) is 4.79 Å². The second-order valence-electron chi connectivity index (χ2n) is 7.98. The largest absolute Gasteiger partial charge is 0.490 e. The van der Waals surface area contributed by atoms with Crippen molar-refractivity contribution in [1.29, 1.82) is 0 Å². The number of carbonyl (C=O) groups is 1. The van der Waals surface area contributed by atoms with Gasteiger partial charge in [-0.05, 0) is 80.7 Å². The van der Waals surface area contributed by atoms with Gasteiger partial charge in [-0.1, -0.05) is 31.6 Å². The lowest BCUT2D eigenvalue weighted by Gasteiger charge is -2.28. The van der Waals surface area contributed by atoms with Crippen LogP contribution >= 0.6 is 0 Å². The Labute approximate surface area is 163 Å². The Hall–Kier alpha value is -1.81. The van der Waals surface area contributed by atoms with E-state index in [1.165, 1.54) is 43.2 Å². The third-order valence-corrected chi connectivity index (χ3v) is 6.01. The molecule has 148 valence electrons. The summed E-state index contributed by atoms with van der Waals surface area (Å²) in [6.07, 6.45) is 11.7. The highest BCUT2D eigenvalue weighted by molar-refractivity contribution is 5.68. The van der Waals surface area contributed by atoms with E-state index in [1.54, 1.807) is 0 Å². The molecule has 0 spiro atoms. The summed E-state index contributed by atoms with van der Waals surface area (Å²) in [5.41, 5.74) is 2.60. The van der Waals surface area contributed by atoms with Crippen LogP contribution in [0.15, 0.2) is 30.3 Å². The van der Waals surface area contributed by atoms with Gasteiger partial charge in [0.2, 0.25) is 0 Å². The molecule has 0 aromatic heterocycles. The standard InChI is InChI=1S/C23H33NO3/c1-2-17-6-10-21(11-7-17)27-22-12-8-18(9-13-22)19-14-15-24-20(16-19)4-3-5-23(25)26/h8-9,12-13,16-17,20-21,24H,2-7,10-11,14-15H2,1H3,(H,25,26)/t17-,20?,21-. The molecule has 1 saturated carbocycles. The molecule has 4 nitrogen and oxygen atoms in total. The number of ether oxygens (including phenoxy) is 1. The summed E-state index contributed by atoms with van der Waals surface area (Å²) in [7, 11) is 0. The van der Waals surface area contributed by atoms with E-state index in [9.17, 15) is 4.79 Å². The van der Waals surface area contributed by atoms with Crippen LogP contribution in [0.1, 0.15) is 70.3 Å². The van der Waals surface area contributed by atoms with Crippen LogP contribution in [0.5, 0.6) is 5.75 Å². The summed E-state index contributed by atoms with van der Waals surface area (Å²) in [6.45, 7) is 3.24. The maximum Gasteiger partial charge on any atom is 0.303 e. The zero-order valence-electron chi connectivity index (χ0n) is 16.5. The second-order valence-corrected chi connectivity index (χ2v) is 7.98. The van der Waals surface area contributed by atoms with Crippen LogP contribution in [0.2, 0.25) is 0 Å². The third-order valence-electron chi connectivity index (χ3n) is 6.01. The van der Waals surface area contributed by atoms with Gasteiger partial charge in [0.1, 0.15) is 5.75 Å². The minimum Gasteiger partial charge on any atom is -0.490 e. The van der Waals surface area contributed by atoms with Crippen molar-refractivity contribution in [1.82, 2.24) is 5.32 Å². The predicted molar refractivity (Wildman–Crippen MR) is 109 cm³/mol. The molecule has 1 aromatic rings. The van der Waals surface area contributed by atoms with E-state index >= 15 is 0 Å². The van der Waals surface area contributed by atoms with E-state index in [-0.39, 0.29) is 12.5 Å². The van der Waals surface area contributed by atoms with Gasteiger partial charge in [0.05, 0.1) is 6.10 Å². The summed E-state index contributed by atoms with van der Waals surface area (Å²) < 4.78 is 6.20. The Balaban J connectivity index is 1.53. The van der Waals surface area contributed by atoms with E-state index in [4.69, 9.17) is 9.84 Å². The van der Waals surface area contributed by atoms with E-state index in [0.717, 1.165) is 31.1 Å². The first-order valence-corrected chi connectivity index (χ1v) is 10.6. The molecule has 4 heteroatoms. The van der Waals surface area contributed by atoms with Gasteiger partial charge in [-0.2, -0.15) is 0 Å². The number of hydrogen-bond acceptors (Lipinski definition) is 3. The van der Waals surface area contributed by atoms with Crippen molar-refractivity contribution < 1.29 is 14.6 Å². The fraction of sp³-hybridized carbons (Fsp3) is 0.609. The summed E-state index contributed by atoms with van der Waals surface area (Å²) in [5, 5.41) is 12.3. The maximum absolute atomic E-state index is 10.7. The van der Waals surface area contributed by atoms with Gasteiger partial charge >= 0.3 is 5.97 Å². The molecule has 27 heavy (non-hydrogen) atoms. The SMILES string of the molecule is CC[C@H]1CC[C@H](Oc2ccc(C3=CC(CCCC(=O)O)NCC3)cc2)CC1. The van der Waals surface area contributed by atoms with Crippen molar-refractivity contribution in [3.8, 4) is 5.75 Å². The van der Waals surface area contributed by atoms with Gasteiger partial charge in [-0.3, -0.25) is 4.79 Å². The quantitative estimate of drug-likeness (QED) is 0.672. The fourth-order valence-corrected chi connectivity index (χ4v) is 4.27. The molecule has 1 heterocycles. The van der Waals surface area contributed by atoms with Crippen LogP contribution < -0.4 is 10.1 Å². The summed E-state index contributed by atoms with van der Waals surface area (Å²) in [6, 6.07) is 8.81. The lowest BCUT2D eigenvalue weighted by Crippen LogP contribution is -2.32. The predicted octanol–water partition coefficient (Wildman–Crippen LogP) is 5.03. The Morgan fingerprint density at radius 2 is 1.93 bits per heavy atom. The number of carboxylic acids is 1. The Morgan fingerprint density at radius 3 is 2.59 bits per heavy atom. The number of nitrogens with one attached hydrogen (secondary N) is 1. The molecule has 0 bridgehead atoms. The molecule has 1 fully saturated rings. The zero-order valence-corrected chi connectivity index (χ0v) is 16.5. The Kier molecular flexibility index (Phi) is 7.33. The molecule has 0 radical (unpaired) electrons. The van der Waals surface area contributed by atoms with Gasteiger partial charge in [0.25, 0.3) is 0 Å². The van der Waals surface area contributed by atoms with Gasteiger partial charge in [-0.15, -0.1) is 0 Å². The number of hydrogen-bond donors (Lipinski definition) is 2. The molecular formula is C23H33NO3. The molecule has 2 N–H and O–H groups in total. The first-order chi connectivity index (χ1) is 13.1. The van der Waals surface area contributed by atoms with E-state index in [0.29, 0.717) is 12.5 Å². The summed E-state index contributed by atoms with van der Waals surface area (Å²) in [4.78, 5) is 10.7. The van der Waals surface area contributed by atoms with Gasteiger partial charge in [0.15, 0.2) is 0 Å². The minimum absolute atomic E-state index is 0.244. The average Bonchev–Trinajstić information content (AvgIpc) is 2.69. The van der Waals surface area contributed by atoms with E-state index in [1.807, 2.05) is 0 Å². The summed E-state index contributed by atoms with van der Waals surface area (Å²) in [5.74, 6) is 1.16. The molecular weight excluding hydrogens is 338 g/mol. The van der Waals surface area contributed by atoms with Crippen LogP contribution in [0, 0.1) is 5.92 Å². The lowest BCUT2D eigenvalue weighted by molar-refractivity contribution is -0.137.